The Balaban J connectivity index is 0.000000809. The largest absolute Gasteiger partial charge is 0.497 e. The summed E-state index contributed by atoms with van der Waals surface area (Å²) in [6, 6.07) is 15.5. The number of aliphatic hydroxyl groups excluding tert-OH is 1. The summed E-state index contributed by atoms with van der Waals surface area (Å²) in [4.78, 5) is 11.4. The van der Waals surface area contributed by atoms with Gasteiger partial charge in [0, 0.05) is 19.1 Å². The Kier molecular flexibility index (Phi) is 11.5. The number of rotatable bonds is 10. The van der Waals surface area contributed by atoms with E-state index in [-0.39, 0.29) is 42.4 Å². The number of aryl methyl sites for hydroxylation is 1. The van der Waals surface area contributed by atoms with Crippen molar-refractivity contribution in [3.8, 4) is 22.6 Å². The van der Waals surface area contributed by atoms with Gasteiger partial charge in [-0.3, -0.25) is 4.79 Å². The Hall–Kier alpha value is -3.45. The van der Waals surface area contributed by atoms with E-state index in [0.29, 0.717) is 16.9 Å². The summed E-state index contributed by atoms with van der Waals surface area (Å²) in [6.07, 6.45) is 7.93. The molecule has 0 radical (unpaired) electrons. The molecule has 2 aliphatic rings. The van der Waals surface area contributed by atoms with Gasteiger partial charge < -0.3 is 19.3 Å². The number of hydrogen-bond donors (Lipinski definition) is 1. The number of halogens is 2. The highest BCUT2D eigenvalue weighted by Crippen LogP contribution is 2.49. The lowest BCUT2D eigenvalue weighted by atomic mass is 9.90. The van der Waals surface area contributed by atoms with Gasteiger partial charge in [0.25, 0.3) is 0 Å². The van der Waals surface area contributed by atoms with Crippen LogP contribution in [-0.2, 0) is 29.0 Å². The molecule has 0 saturated heterocycles. The van der Waals surface area contributed by atoms with Gasteiger partial charge in [-0.25, -0.2) is 8.78 Å². The Labute approximate surface area is 236 Å². The van der Waals surface area contributed by atoms with E-state index in [1.807, 2.05) is 18.2 Å². The number of hydrogen-bond acceptors (Lipinski definition) is 5. The van der Waals surface area contributed by atoms with Crippen LogP contribution in [0.4, 0.5) is 8.78 Å². The first-order chi connectivity index (χ1) is 19.3. The zero-order valence-corrected chi connectivity index (χ0v) is 23.9. The standard InChI is InChI=1S/C29H30F2O4.C3H6.CH4O/c1-29(13-14-29)17-21-15-19(7-10-23(21)24-16-22(33-2)9-11-25(24)30)18-35-26-6-4-5-20(28(26)31)8-12-27(32)34-3;1-2-3-1;1-2/h4-7,9-11,15-16H,8,12-14,17-18H2,1-3H3;1-3H2;2H,1H3. The molecule has 5 nitrogen and oxygen atoms in total. The van der Waals surface area contributed by atoms with Crippen molar-refractivity contribution < 1.29 is 32.9 Å². The first-order valence-corrected chi connectivity index (χ1v) is 13.7. The molecule has 0 heterocycles. The van der Waals surface area contributed by atoms with E-state index in [1.54, 1.807) is 37.4 Å². The first-order valence-electron chi connectivity index (χ1n) is 13.7. The monoisotopic (exact) mass is 554 g/mol. The molecule has 0 aromatic heterocycles. The molecular weight excluding hydrogens is 514 g/mol. The lowest BCUT2D eigenvalue weighted by molar-refractivity contribution is -0.140. The van der Waals surface area contributed by atoms with Crippen LogP contribution in [0, 0.1) is 17.0 Å². The Morgan fingerprint density at radius 1 is 0.925 bits per heavy atom. The molecular formula is C33H40F2O5. The Morgan fingerprint density at radius 2 is 1.65 bits per heavy atom. The van der Waals surface area contributed by atoms with Crippen LogP contribution < -0.4 is 9.47 Å². The summed E-state index contributed by atoms with van der Waals surface area (Å²) in [5.74, 6) is -0.439. The summed E-state index contributed by atoms with van der Waals surface area (Å²) in [5.41, 5.74) is 3.85. The highest BCUT2D eigenvalue weighted by molar-refractivity contribution is 5.70. The fraction of sp³-hybridized carbons (Fsp3) is 0.424. The number of benzene rings is 3. The summed E-state index contributed by atoms with van der Waals surface area (Å²) < 4.78 is 45.4. The van der Waals surface area contributed by atoms with Crippen molar-refractivity contribution in [3.05, 3.63) is 82.9 Å². The number of carbonyl (C=O) groups is 1. The molecule has 0 atom stereocenters. The van der Waals surface area contributed by atoms with Gasteiger partial charge in [-0.2, -0.15) is 0 Å². The van der Waals surface area contributed by atoms with Crippen LogP contribution in [0.2, 0.25) is 0 Å². The topological polar surface area (TPSA) is 65.0 Å². The quantitative estimate of drug-likeness (QED) is 0.264. The highest BCUT2D eigenvalue weighted by Gasteiger charge is 2.37. The summed E-state index contributed by atoms with van der Waals surface area (Å²) in [6.45, 7) is 2.40. The third-order valence-electron chi connectivity index (χ3n) is 6.97. The molecule has 0 aliphatic heterocycles. The van der Waals surface area contributed by atoms with E-state index >= 15 is 0 Å². The molecule has 1 N–H and O–H groups in total. The molecule has 5 rings (SSSR count). The average molecular weight is 555 g/mol. The van der Waals surface area contributed by atoms with E-state index in [4.69, 9.17) is 14.6 Å². The summed E-state index contributed by atoms with van der Waals surface area (Å²) in [5, 5.41) is 7.00. The maximum absolute atomic E-state index is 14.9. The van der Waals surface area contributed by atoms with Crippen LogP contribution in [-0.4, -0.2) is 32.4 Å². The minimum Gasteiger partial charge on any atom is -0.497 e. The van der Waals surface area contributed by atoms with Crippen molar-refractivity contribution in [1.29, 1.82) is 0 Å². The lowest BCUT2D eigenvalue weighted by Gasteiger charge is -2.17. The Morgan fingerprint density at radius 3 is 2.27 bits per heavy atom. The second kappa shape index (κ2) is 14.8. The predicted octanol–water partition coefficient (Wildman–Crippen LogP) is 7.45. The van der Waals surface area contributed by atoms with Crippen LogP contribution >= 0.6 is 0 Å². The van der Waals surface area contributed by atoms with Gasteiger partial charge >= 0.3 is 5.97 Å². The van der Waals surface area contributed by atoms with Gasteiger partial charge in [-0.15, -0.1) is 0 Å². The van der Waals surface area contributed by atoms with Crippen LogP contribution in [0.3, 0.4) is 0 Å². The Bertz CT molecular complexity index is 1260. The van der Waals surface area contributed by atoms with E-state index in [2.05, 4.69) is 11.7 Å². The molecule has 7 heteroatoms. The van der Waals surface area contributed by atoms with Crippen LogP contribution in [0.25, 0.3) is 11.1 Å². The molecule has 0 unspecified atom stereocenters. The number of ether oxygens (including phenoxy) is 3. The molecule has 2 aliphatic carbocycles. The number of methoxy groups -OCH3 is 2. The predicted molar refractivity (Wildman–Crippen MR) is 152 cm³/mol. The second-order valence-electron chi connectivity index (χ2n) is 10.5. The van der Waals surface area contributed by atoms with E-state index < -0.39 is 5.82 Å². The SMILES string of the molecule is C1CC1.CO.COC(=O)CCc1cccc(OCc2ccc(-c3cc(OC)ccc3F)c(CC3(C)CC3)c2)c1F. The average Bonchev–Trinajstić information content (AvgIpc) is 3.91. The van der Waals surface area contributed by atoms with Crippen LogP contribution in [0.15, 0.2) is 54.6 Å². The normalized spacial score (nSPS) is 14.1. The fourth-order valence-electron chi connectivity index (χ4n) is 4.19. The van der Waals surface area contributed by atoms with Gasteiger partial charge in [0.05, 0.1) is 14.2 Å². The summed E-state index contributed by atoms with van der Waals surface area (Å²) in [7, 11) is 3.87. The van der Waals surface area contributed by atoms with Gasteiger partial charge in [0.2, 0.25) is 0 Å². The molecule has 0 amide bonds. The van der Waals surface area contributed by atoms with Gasteiger partial charge in [-0.05, 0) is 77.6 Å². The number of esters is 1. The van der Waals surface area contributed by atoms with E-state index in [1.165, 1.54) is 32.4 Å². The number of carbonyl (C=O) groups excluding carboxylic acids is 1. The smallest absolute Gasteiger partial charge is 0.305 e. The van der Waals surface area contributed by atoms with Crippen molar-refractivity contribution in [2.24, 2.45) is 5.41 Å². The molecule has 3 aromatic carbocycles. The van der Waals surface area contributed by atoms with Crippen LogP contribution in [0.5, 0.6) is 11.5 Å². The van der Waals surface area contributed by atoms with Crippen LogP contribution in [0.1, 0.15) is 62.1 Å². The van der Waals surface area contributed by atoms with Gasteiger partial charge in [0.15, 0.2) is 11.6 Å². The first kappa shape index (κ1) is 31.1. The maximum atomic E-state index is 14.9. The molecule has 3 aromatic rings. The fourth-order valence-corrected chi connectivity index (χ4v) is 4.19. The second-order valence-corrected chi connectivity index (χ2v) is 10.5. The minimum atomic E-state index is -0.475. The lowest BCUT2D eigenvalue weighted by Crippen LogP contribution is -2.06. The van der Waals surface area contributed by atoms with Gasteiger partial charge in [0.1, 0.15) is 18.2 Å². The highest BCUT2D eigenvalue weighted by atomic mass is 19.1. The van der Waals surface area contributed by atoms with Crippen molar-refractivity contribution in [3.63, 3.8) is 0 Å². The van der Waals surface area contributed by atoms with Crippen molar-refractivity contribution in [1.82, 2.24) is 0 Å². The van der Waals surface area contributed by atoms with Crippen molar-refractivity contribution in [2.75, 3.05) is 21.3 Å². The third-order valence-corrected chi connectivity index (χ3v) is 6.97. The molecule has 40 heavy (non-hydrogen) atoms. The van der Waals surface area contributed by atoms with E-state index in [0.717, 1.165) is 43.1 Å². The molecule has 0 spiro atoms. The minimum absolute atomic E-state index is 0.0985. The van der Waals surface area contributed by atoms with Gasteiger partial charge in [-0.1, -0.05) is 56.5 Å². The molecule has 2 fully saturated rings. The molecule has 0 bridgehead atoms. The third kappa shape index (κ3) is 9.05. The maximum Gasteiger partial charge on any atom is 0.305 e. The summed E-state index contributed by atoms with van der Waals surface area (Å²) >= 11 is 0. The molecule has 216 valence electrons. The van der Waals surface area contributed by atoms with Crippen molar-refractivity contribution >= 4 is 5.97 Å². The van der Waals surface area contributed by atoms with Crippen molar-refractivity contribution in [2.45, 2.75) is 64.9 Å². The molecule has 2 saturated carbocycles. The zero-order chi connectivity index (χ0) is 29.1. The van der Waals surface area contributed by atoms with E-state index in [9.17, 15) is 13.6 Å². The zero-order valence-electron chi connectivity index (χ0n) is 23.9. The number of aliphatic hydroxyl groups is 1.